The van der Waals surface area contributed by atoms with Gasteiger partial charge in [-0.3, -0.25) is 9.59 Å². The van der Waals surface area contributed by atoms with Crippen LogP contribution in [0.4, 0.5) is 0 Å². The van der Waals surface area contributed by atoms with E-state index >= 15 is 0 Å². The third-order valence-corrected chi connectivity index (χ3v) is 5.50. The molecule has 1 aliphatic heterocycles. The Balaban J connectivity index is 1.82. The summed E-state index contributed by atoms with van der Waals surface area (Å²) in [7, 11) is 1.49. The molecule has 0 bridgehead atoms. The molecular weight excluding hydrogens is 344 g/mol. The van der Waals surface area contributed by atoms with Gasteiger partial charge in [-0.15, -0.1) is 0 Å². The van der Waals surface area contributed by atoms with Crippen LogP contribution < -0.4 is 0 Å². The Bertz CT molecular complexity index is 843. The van der Waals surface area contributed by atoms with Gasteiger partial charge >= 0.3 is 5.97 Å². The molecule has 0 aliphatic carbocycles. The first-order valence-corrected chi connectivity index (χ1v) is 9.10. The SMILES string of the molecule is COCC1(C(=O)O)CCN(C(=O)c2cc(C)n(Cc3ccccc3)c2C)C1. The zero-order valence-corrected chi connectivity index (χ0v) is 16.1. The van der Waals surface area contributed by atoms with E-state index in [0.29, 0.717) is 25.1 Å². The Morgan fingerprint density at radius 2 is 1.93 bits per heavy atom. The average Bonchev–Trinajstić information content (AvgIpc) is 3.20. The minimum absolute atomic E-state index is 0.110. The molecule has 2 heterocycles. The topological polar surface area (TPSA) is 71.8 Å². The average molecular weight is 370 g/mol. The third-order valence-electron chi connectivity index (χ3n) is 5.50. The molecule has 1 N–H and O–H groups in total. The van der Waals surface area contributed by atoms with Gasteiger partial charge in [0.1, 0.15) is 5.41 Å². The molecule has 0 saturated carbocycles. The quantitative estimate of drug-likeness (QED) is 0.849. The number of likely N-dealkylation sites (tertiary alicyclic amines) is 1. The van der Waals surface area contributed by atoms with E-state index in [1.807, 2.05) is 38.1 Å². The number of carboxylic acid groups (broad SMARTS) is 1. The van der Waals surface area contributed by atoms with Gasteiger partial charge in [-0.05, 0) is 31.9 Å². The summed E-state index contributed by atoms with van der Waals surface area (Å²) in [5, 5.41) is 9.61. The highest BCUT2D eigenvalue weighted by atomic mass is 16.5. The summed E-state index contributed by atoms with van der Waals surface area (Å²) in [5.74, 6) is -1.02. The Morgan fingerprint density at radius 1 is 1.22 bits per heavy atom. The van der Waals surface area contributed by atoms with Crippen LogP contribution in [-0.4, -0.2) is 53.3 Å². The van der Waals surface area contributed by atoms with Crippen LogP contribution in [0.5, 0.6) is 0 Å². The molecule has 0 spiro atoms. The van der Waals surface area contributed by atoms with Crippen molar-refractivity contribution in [3.05, 3.63) is 58.9 Å². The van der Waals surface area contributed by atoms with Gasteiger partial charge in [-0.1, -0.05) is 30.3 Å². The lowest BCUT2D eigenvalue weighted by Crippen LogP contribution is -2.40. The number of nitrogens with zero attached hydrogens (tertiary/aromatic N) is 2. The van der Waals surface area contributed by atoms with E-state index in [9.17, 15) is 14.7 Å². The highest BCUT2D eigenvalue weighted by Crippen LogP contribution is 2.33. The summed E-state index contributed by atoms with van der Waals surface area (Å²) in [6.45, 7) is 5.35. The fourth-order valence-electron chi connectivity index (χ4n) is 3.87. The number of ether oxygens (including phenoxy) is 1. The fourth-order valence-corrected chi connectivity index (χ4v) is 3.87. The molecule has 1 atom stereocenters. The van der Waals surface area contributed by atoms with Gasteiger partial charge in [0.25, 0.3) is 5.91 Å². The number of amides is 1. The molecule has 1 aromatic heterocycles. The van der Waals surface area contributed by atoms with Gasteiger partial charge < -0.3 is 19.3 Å². The fraction of sp³-hybridized carbons (Fsp3) is 0.429. The van der Waals surface area contributed by atoms with E-state index in [0.717, 1.165) is 11.4 Å². The number of methoxy groups -OCH3 is 1. The molecule has 27 heavy (non-hydrogen) atoms. The molecular formula is C21H26N2O4. The summed E-state index contributed by atoms with van der Waals surface area (Å²) >= 11 is 0. The van der Waals surface area contributed by atoms with Crippen LogP contribution in [0.3, 0.4) is 0 Å². The maximum Gasteiger partial charge on any atom is 0.313 e. The summed E-state index contributed by atoms with van der Waals surface area (Å²) in [6, 6.07) is 12.0. The van der Waals surface area contributed by atoms with Crippen LogP contribution in [0.25, 0.3) is 0 Å². The number of aromatic nitrogens is 1. The maximum atomic E-state index is 13.1. The number of aliphatic carboxylic acids is 1. The lowest BCUT2D eigenvalue weighted by Gasteiger charge is -2.23. The van der Waals surface area contributed by atoms with Crippen molar-refractivity contribution in [2.45, 2.75) is 26.8 Å². The molecule has 1 unspecified atom stereocenters. The van der Waals surface area contributed by atoms with E-state index in [1.165, 1.54) is 12.7 Å². The predicted octanol–water partition coefficient (Wildman–Crippen LogP) is 2.72. The number of carbonyl (C=O) groups excluding carboxylic acids is 1. The maximum absolute atomic E-state index is 13.1. The molecule has 3 rings (SSSR count). The van der Waals surface area contributed by atoms with Gasteiger partial charge in [0, 0.05) is 38.1 Å². The second-order valence-corrected chi connectivity index (χ2v) is 7.35. The molecule has 1 amide bonds. The minimum Gasteiger partial charge on any atom is -0.481 e. The van der Waals surface area contributed by atoms with Crippen molar-refractivity contribution in [2.24, 2.45) is 5.41 Å². The van der Waals surface area contributed by atoms with E-state index in [4.69, 9.17) is 4.74 Å². The normalized spacial score (nSPS) is 19.4. The largest absolute Gasteiger partial charge is 0.481 e. The van der Waals surface area contributed by atoms with E-state index < -0.39 is 11.4 Å². The lowest BCUT2D eigenvalue weighted by atomic mass is 9.88. The Kier molecular flexibility index (Phi) is 5.37. The molecule has 144 valence electrons. The van der Waals surface area contributed by atoms with Crippen molar-refractivity contribution >= 4 is 11.9 Å². The number of rotatable bonds is 6. The zero-order valence-electron chi connectivity index (χ0n) is 16.1. The molecule has 1 aliphatic rings. The van der Waals surface area contributed by atoms with E-state index in [-0.39, 0.29) is 19.1 Å². The standard InChI is InChI=1S/C21H26N2O4/c1-15-11-18(16(2)23(15)12-17-7-5-4-6-8-17)19(24)22-10-9-21(13-22,14-27-3)20(25)26/h4-8,11H,9-10,12-14H2,1-3H3,(H,25,26). The first-order valence-electron chi connectivity index (χ1n) is 9.10. The molecule has 1 saturated heterocycles. The van der Waals surface area contributed by atoms with Gasteiger partial charge in [0.15, 0.2) is 0 Å². The molecule has 2 aromatic rings. The number of aryl methyl sites for hydroxylation is 1. The van der Waals surface area contributed by atoms with Crippen molar-refractivity contribution in [3.8, 4) is 0 Å². The van der Waals surface area contributed by atoms with Crippen LogP contribution >= 0.6 is 0 Å². The first kappa shape index (κ1) is 19.2. The second-order valence-electron chi connectivity index (χ2n) is 7.35. The van der Waals surface area contributed by atoms with Gasteiger partial charge in [0.2, 0.25) is 0 Å². The highest BCUT2D eigenvalue weighted by Gasteiger charge is 2.46. The number of carboxylic acids is 1. The Morgan fingerprint density at radius 3 is 2.56 bits per heavy atom. The van der Waals surface area contributed by atoms with E-state index in [2.05, 4.69) is 16.7 Å². The van der Waals surface area contributed by atoms with Crippen molar-refractivity contribution in [2.75, 3.05) is 26.8 Å². The number of hydrogen-bond acceptors (Lipinski definition) is 3. The molecule has 0 radical (unpaired) electrons. The smallest absolute Gasteiger partial charge is 0.313 e. The van der Waals surface area contributed by atoms with Crippen LogP contribution in [0.2, 0.25) is 0 Å². The molecule has 6 nitrogen and oxygen atoms in total. The summed E-state index contributed by atoms with van der Waals surface area (Å²) in [6.07, 6.45) is 0.407. The van der Waals surface area contributed by atoms with Crippen molar-refractivity contribution in [3.63, 3.8) is 0 Å². The molecule has 1 aromatic carbocycles. The first-order chi connectivity index (χ1) is 12.9. The summed E-state index contributed by atoms with van der Waals surface area (Å²) in [4.78, 5) is 26.4. The van der Waals surface area contributed by atoms with Crippen molar-refractivity contribution in [1.82, 2.24) is 9.47 Å². The highest BCUT2D eigenvalue weighted by molar-refractivity contribution is 5.96. The Labute approximate surface area is 159 Å². The minimum atomic E-state index is -1.01. The predicted molar refractivity (Wildman–Crippen MR) is 102 cm³/mol. The van der Waals surface area contributed by atoms with Crippen LogP contribution in [0.1, 0.15) is 33.7 Å². The summed E-state index contributed by atoms with van der Waals surface area (Å²) < 4.78 is 7.24. The van der Waals surface area contributed by atoms with Crippen LogP contribution in [0, 0.1) is 19.3 Å². The van der Waals surface area contributed by atoms with E-state index in [1.54, 1.807) is 4.90 Å². The summed E-state index contributed by atoms with van der Waals surface area (Å²) in [5.41, 5.74) is 2.72. The van der Waals surface area contributed by atoms with Gasteiger partial charge in [-0.25, -0.2) is 0 Å². The van der Waals surface area contributed by atoms with Crippen LogP contribution in [-0.2, 0) is 16.1 Å². The van der Waals surface area contributed by atoms with Crippen molar-refractivity contribution in [1.29, 1.82) is 0 Å². The molecule has 1 fully saturated rings. The van der Waals surface area contributed by atoms with Crippen LogP contribution in [0.15, 0.2) is 36.4 Å². The van der Waals surface area contributed by atoms with Gasteiger partial charge in [-0.2, -0.15) is 0 Å². The number of hydrogen-bond donors (Lipinski definition) is 1. The Hall–Kier alpha value is -2.60. The van der Waals surface area contributed by atoms with Crippen molar-refractivity contribution < 1.29 is 19.4 Å². The number of benzene rings is 1. The second kappa shape index (κ2) is 7.56. The lowest BCUT2D eigenvalue weighted by molar-refractivity contribution is -0.151. The third kappa shape index (κ3) is 3.62. The number of carbonyl (C=O) groups is 2. The zero-order chi connectivity index (χ0) is 19.6. The monoisotopic (exact) mass is 370 g/mol. The molecule has 6 heteroatoms. The van der Waals surface area contributed by atoms with Gasteiger partial charge in [0.05, 0.1) is 12.2 Å².